The van der Waals surface area contributed by atoms with E-state index >= 15 is 0 Å². The average Bonchev–Trinajstić information content (AvgIpc) is 2.92. The minimum absolute atomic E-state index is 0.0769. The second-order valence-corrected chi connectivity index (χ2v) is 6.87. The molecule has 6 heteroatoms. The van der Waals surface area contributed by atoms with Gasteiger partial charge >= 0.3 is 0 Å². The zero-order chi connectivity index (χ0) is 16.7. The van der Waals surface area contributed by atoms with E-state index in [1.54, 1.807) is 17.6 Å². The third kappa shape index (κ3) is 5.48. The SMILES string of the molecule is CCCc1ccc(OCC(=O)N/N=C/c2sccc2C)c(Br)c1. The number of amides is 1. The Hall–Kier alpha value is -1.66. The van der Waals surface area contributed by atoms with Gasteiger partial charge in [-0.05, 0) is 64.0 Å². The van der Waals surface area contributed by atoms with Gasteiger partial charge in [0.15, 0.2) is 6.61 Å². The van der Waals surface area contributed by atoms with E-state index in [1.165, 1.54) is 5.56 Å². The third-order valence-electron chi connectivity index (χ3n) is 3.17. The van der Waals surface area contributed by atoms with Crippen molar-refractivity contribution in [2.24, 2.45) is 5.10 Å². The molecule has 0 saturated carbocycles. The number of thiophene rings is 1. The van der Waals surface area contributed by atoms with Crippen LogP contribution >= 0.6 is 27.3 Å². The van der Waals surface area contributed by atoms with Gasteiger partial charge in [-0.25, -0.2) is 5.43 Å². The van der Waals surface area contributed by atoms with Crippen LogP contribution in [-0.2, 0) is 11.2 Å². The third-order valence-corrected chi connectivity index (χ3v) is 4.74. The fraction of sp³-hybridized carbons (Fsp3) is 0.294. The van der Waals surface area contributed by atoms with Gasteiger partial charge in [0.1, 0.15) is 5.75 Å². The molecule has 0 fully saturated rings. The maximum atomic E-state index is 11.7. The van der Waals surface area contributed by atoms with Crippen molar-refractivity contribution < 1.29 is 9.53 Å². The first kappa shape index (κ1) is 17.7. The molecule has 0 aliphatic heterocycles. The molecule has 0 atom stereocenters. The lowest BCUT2D eigenvalue weighted by molar-refractivity contribution is -0.123. The Morgan fingerprint density at radius 1 is 1.43 bits per heavy atom. The zero-order valence-corrected chi connectivity index (χ0v) is 15.5. The predicted molar refractivity (Wildman–Crippen MR) is 98.4 cm³/mol. The van der Waals surface area contributed by atoms with Crippen molar-refractivity contribution in [3.8, 4) is 5.75 Å². The molecule has 0 aliphatic rings. The summed E-state index contributed by atoms with van der Waals surface area (Å²) in [6.07, 6.45) is 3.76. The van der Waals surface area contributed by atoms with Gasteiger partial charge in [0, 0.05) is 4.88 Å². The molecule has 2 rings (SSSR count). The number of rotatable bonds is 7. The van der Waals surface area contributed by atoms with E-state index in [0.29, 0.717) is 5.75 Å². The highest BCUT2D eigenvalue weighted by Gasteiger charge is 2.06. The minimum Gasteiger partial charge on any atom is -0.483 e. The van der Waals surface area contributed by atoms with Crippen molar-refractivity contribution in [3.63, 3.8) is 0 Å². The standard InChI is InChI=1S/C17H19BrN2O2S/c1-3-4-13-5-6-15(14(18)9-13)22-11-17(21)20-19-10-16-12(2)7-8-23-16/h5-10H,3-4,11H2,1-2H3,(H,20,21)/b19-10+. The Morgan fingerprint density at radius 3 is 2.91 bits per heavy atom. The number of hydrogen-bond acceptors (Lipinski definition) is 4. The van der Waals surface area contributed by atoms with E-state index in [9.17, 15) is 4.79 Å². The van der Waals surface area contributed by atoms with Gasteiger partial charge in [-0.3, -0.25) is 4.79 Å². The Balaban J connectivity index is 1.82. The molecule has 23 heavy (non-hydrogen) atoms. The summed E-state index contributed by atoms with van der Waals surface area (Å²) in [7, 11) is 0. The first-order valence-electron chi connectivity index (χ1n) is 7.37. The molecule has 0 unspecified atom stereocenters. The van der Waals surface area contributed by atoms with Crippen LogP contribution in [0.15, 0.2) is 39.2 Å². The Bertz CT molecular complexity index is 698. The molecule has 1 aromatic carbocycles. The average molecular weight is 395 g/mol. The number of ether oxygens (including phenoxy) is 1. The zero-order valence-electron chi connectivity index (χ0n) is 13.1. The van der Waals surface area contributed by atoms with E-state index in [0.717, 1.165) is 27.8 Å². The van der Waals surface area contributed by atoms with Crippen molar-refractivity contribution in [3.05, 3.63) is 50.1 Å². The largest absolute Gasteiger partial charge is 0.483 e. The van der Waals surface area contributed by atoms with Gasteiger partial charge in [0.05, 0.1) is 10.7 Å². The highest BCUT2D eigenvalue weighted by Crippen LogP contribution is 2.26. The number of aryl methyl sites for hydroxylation is 2. The molecule has 122 valence electrons. The first-order valence-corrected chi connectivity index (χ1v) is 9.04. The van der Waals surface area contributed by atoms with Crippen LogP contribution in [0.25, 0.3) is 0 Å². The lowest BCUT2D eigenvalue weighted by Crippen LogP contribution is -2.24. The molecule has 0 radical (unpaired) electrons. The summed E-state index contributed by atoms with van der Waals surface area (Å²) in [6.45, 7) is 4.07. The molecule has 0 saturated heterocycles. The second kappa shape index (κ2) is 8.84. The van der Waals surface area contributed by atoms with Crippen LogP contribution in [0.5, 0.6) is 5.75 Å². The Labute approximate surface area is 148 Å². The highest BCUT2D eigenvalue weighted by molar-refractivity contribution is 9.10. The van der Waals surface area contributed by atoms with Crippen molar-refractivity contribution in [2.45, 2.75) is 26.7 Å². The number of carbonyl (C=O) groups excluding carboxylic acids is 1. The summed E-state index contributed by atoms with van der Waals surface area (Å²) in [6, 6.07) is 7.92. The van der Waals surface area contributed by atoms with E-state index in [1.807, 2.05) is 36.6 Å². The summed E-state index contributed by atoms with van der Waals surface area (Å²) in [5, 5.41) is 5.93. The molecule has 1 heterocycles. The highest BCUT2D eigenvalue weighted by atomic mass is 79.9. The summed E-state index contributed by atoms with van der Waals surface area (Å²) in [5.74, 6) is 0.359. The summed E-state index contributed by atoms with van der Waals surface area (Å²) < 4.78 is 6.37. The van der Waals surface area contributed by atoms with Crippen LogP contribution < -0.4 is 10.2 Å². The normalized spacial score (nSPS) is 10.9. The van der Waals surface area contributed by atoms with Gasteiger partial charge < -0.3 is 4.74 Å². The topological polar surface area (TPSA) is 50.7 Å². The van der Waals surface area contributed by atoms with Crippen LogP contribution in [0.2, 0.25) is 0 Å². The lowest BCUT2D eigenvalue weighted by atomic mass is 10.1. The molecule has 0 bridgehead atoms. The van der Waals surface area contributed by atoms with Crippen LogP contribution in [0, 0.1) is 6.92 Å². The van der Waals surface area contributed by atoms with Crippen LogP contribution in [0.3, 0.4) is 0 Å². The fourth-order valence-electron chi connectivity index (χ4n) is 1.96. The predicted octanol–water partition coefficient (Wildman–Crippen LogP) is 4.30. The molecule has 2 aromatic rings. The minimum atomic E-state index is -0.292. The Morgan fingerprint density at radius 2 is 2.26 bits per heavy atom. The van der Waals surface area contributed by atoms with Gasteiger partial charge in [0.2, 0.25) is 0 Å². The van der Waals surface area contributed by atoms with Crippen LogP contribution in [0.4, 0.5) is 0 Å². The van der Waals surface area contributed by atoms with E-state index in [4.69, 9.17) is 4.74 Å². The number of nitrogens with one attached hydrogen (secondary N) is 1. The van der Waals surface area contributed by atoms with Crippen LogP contribution in [0.1, 0.15) is 29.3 Å². The van der Waals surface area contributed by atoms with Crippen molar-refractivity contribution in [1.82, 2.24) is 5.43 Å². The molecular weight excluding hydrogens is 376 g/mol. The Kier molecular flexibility index (Phi) is 6.80. The fourth-order valence-corrected chi connectivity index (χ4v) is 3.29. The molecule has 1 aromatic heterocycles. The summed E-state index contributed by atoms with van der Waals surface area (Å²) >= 11 is 5.05. The second-order valence-electron chi connectivity index (χ2n) is 5.06. The maximum Gasteiger partial charge on any atom is 0.277 e. The summed E-state index contributed by atoms with van der Waals surface area (Å²) in [5.41, 5.74) is 4.85. The quantitative estimate of drug-likeness (QED) is 0.561. The van der Waals surface area contributed by atoms with Crippen molar-refractivity contribution >= 4 is 39.4 Å². The molecule has 4 nitrogen and oxygen atoms in total. The number of hydrogen-bond donors (Lipinski definition) is 1. The smallest absolute Gasteiger partial charge is 0.277 e. The van der Waals surface area contributed by atoms with E-state index in [2.05, 4.69) is 33.4 Å². The molecule has 0 spiro atoms. The monoisotopic (exact) mass is 394 g/mol. The number of hydrazone groups is 1. The number of nitrogens with zero attached hydrogens (tertiary/aromatic N) is 1. The summed E-state index contributed by atoms with van der Waals surface area (Å²) in [4.78, 5) is 12.8. The number of benzene rings is 1. The molecular formula is C17H19BrN2O2S. The van der Waals surface area contributed by atoms with Gasteiger partial charge in [0.25, 0.3) is 5.91 Å². The number of halogens is 1. The molecule has 1 amide bonds. The van der Waals surface area contributed by atoms with Crippen molar-refractivity contribution in [1.29, 1.82) is 0 Å². The van der Waals surface area contributed by atoms with E-state index < -0.39 is 0 Å². The lowest BCUT2D eigenvalue weighted by Gasteiger charge is -2.08. The molecule has 1 N–H and O–H groups in total. The van der Waals surface area contributed by atoms with Gasteiger partial charge in [-0.2, -0.15) is 5.10 Å². The molecule has 0 aliphatic carbocycles. The van der Waals surface area contributed by atoms with Gasteiger partial charge in [-0.15, -0.1) is 11.3 Å². The van der Waals surface area contributed by atoms with Crippen LogP contribution in [-0.4, -0.2) is 18.7 Å². The van der Waals surface area contributed by atoms with Gasteiger partial charge in [-0.1, -0.05) is 19.4 Å². The van der Waals surface area contributed by atoms with Crippen molar-refractivity contribution in [2.75, 3.05) is 6.61 Å². The number of carbonyl (C=O) groups is 1. The first-order chi connectivity index (χ1) is 11.1. The maximum absolute atomic E-state index is 11.7. The van der Waals surface area contributed by atoms with E-state index in [-0.39, 0.29) is 12.5 Å².